The van der Waals surface area contributed by atoms with Gasteiger partial charge in [0.05, 0.1) is 17.1 Å². The fourth-order valence-electron chi connectivity index (χ4n) is 3.21. The molecule has 148 valence electrons. The summed E-state index contributed by atoms with van der Waals surface area (Å²) >= 11 is 1.38. The number of hydrogen-bond donors (Lipinski definition) is 1. The van der Waals surface area contributed by atoms with Crippen LogP contribution in [-0.2, 0) is 16.8 Å². The van der Waals surface area contributed by atoms with Gasteiger partial charge in [-0.05, 0) is 53.6 Å². The summed E-state index contributed by atoms with van der Waals surface area (Å²) in [5.74, 6) is -0.734. The average Bonchev–Trinajstić information content (AvgIpc) is 3.46. The number of aromatic nitrogens is 4. The smallest absolute Gasteiger partial charge is 0.319 e. The molecule has 3 aromatic rings. The second-order valence-electron chi connectivity index (χ2n) is 6.79. The molecule has 1 aliphatic heterocycles. The fourth-order valence-corrected chi connectivity index (χ4v) is 4.09. The van der Waals surface area contributed by atoms with E-state index in [0.717, 1.165) is 16.2 Å². The van der Waals surface area contributed by atoms with E-state index in [1.807, 2.05) is 13.0 Å². The van der Waals surface area contributed by atoms with Crippen LogP contribution in [0.2, 0.25) is 0 Å². The van der Waals surface area contributed by atoms with Gasteiger partial charge in [-0.3, -0.25) is 14.5 Å². The zero-order valence-corrected chi connectivity index (χ0v) is 16.6. The number of aryl methyl sites for hydroxylation is 1. The zero-order valence-electron chi connectivity index (χ0n) is 15.8. The molecule has 1 saturated heterocycles. The highest BCUT2D eigenvalue weighted by atomic mass is 32.1. The van der Waals surface area contributed by atoms with Gasteiger partial charge in [-0.25, -0.2) is 9.48 Å². The first-order chi connectivity index (χ1) is 13.9. The summed E-state index contributed by atoms with van der Waals surface area (Å²) in [6.07, 6.45) is 2.27. The number of nitrogens with zero attached hydrogens (tertiary/aromatic N) is 5. The Morgan fingerprint density at radius 2 is 2.07 bits per heavy atom. The van der Waals surface area contributed by atoms with E-state index in [2.05, 4.69) is 20.8 Å². The summed E-state index contributed by atoms with van der Waals surface area (Å²) in [5.41, 5.74) is -0.0648. The first kappa shape index (κ1) is 18.9. The number of amides is 3. The van der Waals surface area contributed by atoms with Crippen LogP contribution in [0.4, 0.5) is 4.79 Å². The van der Waals surface area contributed by atoms with Crippen molar-refractivity contribution >= 4 is 29.1 Å². The van der Waals surface area contributed by atoms with Crippen molar-refractivity contribution in [3.8, 4) is 5.69 Å². The molecule has 0 radical (unpaired) electrons. The van der Waals surface area contributed by atoms with Gasteiger partial charge in [0.1, 0.15) is 11.9 Å². The lowest BCUT2D eigenvalue weighted by atomic mass is 9.91. The quantitative estimate of drug-likeness (QED) is 0.491. The largest absolute Gasteiger partial charge is 0.325 e. The lowest BCUT2D eigenvalue weighted by Crippen LogP contribution is -2.41. The minimum absolute atomic E-state index is 0.259. The van der Waals surface area contributed by atoms with Crippen LogP contribution in [0.25, 0.3) is 5.69 Å². The molecule has 0 bridgehead atoms. The van der Waals surface area contributed by atoms with Crippen molar-refractivity contribution < 1.29 is 14.4 Å². The molecule has 0 spiro atoms. The summed E-state index contributed by atoms with van der Waals surface area (Å²) < 4.78 is 1.46. The van der Waals surface area contributed by atoms with Crippen LogP contribution in [0.5, 0.6) is 0 Å². The number of ketones is 1. The van der Waals surface area contributed by atoms with Crippen molar-refractivity contribution in [1.29, 1.82) is 0 Å². The van der Waals surface area contributed by atoms with Gasteiger partial charge in [-0.2, -0.15) is 0 Å². The summed E-state index contributed by atoms with van der Waals surface area (Å²) in [4.78, 5) is 40.8. The summed E-state index contributed by atoms with van der Waals surface area (Å²) in [5, 5.41) is 13.8. The molecule has 1 aromatic carbocycles. The number of Topliss-reactive ketones (excluding diaryl/α,β-unsaturated/α-hetero) is 1. The first-order valence-corrected chi connectivity index (χ1v) is 9.84. The Morgan fingerprint density at radius 1 is 1.24 bits per heavy atom. The highest BCUT2D eigenvalue weighted by molar-refractivity contribution is 7.14. The van der Waals surface area contributed by atoms with Gasteiger partial charge in [-0.15, -0.1) is 16.4 Å². The Labute approximate surface area is 170 Å². The molecule has 1 N–H and O–H groups in total. The number of thiophene rings is 1. The van der Waals surface area contributed by atoms with Crippen LogP contribution < -0.4 is 5.32 Å². The van der Waals surface area contributed by atoms with E-state index in [1.54, 1.807) is 37.3 Å². The molecule has 9 nitrogen and oxygen atoms in total. The maximum atomic E-state index is 13.1. The van der Waals surface area contributed by atoms with E-state index in [4.69, 9.17) is 0 Å². The van der Waals surface area contributed by atoms with Crippen LogP contribution in [-0.4, -0.2) is 49.4 Å². The maximum absolute atomic E-state index is 13.1. The highest BCUT2D eigenvalue weighted by Crippen LogP contribution is 2.30. The number of rotatable bonds is 6. The predicted molar refractivity (Wildman–Crippen MR) is 105 cm³/mol. The van der Waals surface area contributed by atoms with Crippen molar-refractivity contribution in [1.82, 2.24) is 30.4 Å². The average molecular weight is 410 g/mol. The monoisotopic (exact) mass is 410 g/mol. The van der Waals surface area contributed by atoms with E-state index in [1.165, 1.54) is 22.3 Å². The molecule has 1 atom stereocenters. The van der Waals surface area contributed by atoms with Crippen LogP contribution in [0.1, 0.15) is 34.0 Å². The molecule has 29 heavy (non-hydrogen) atoms. The van der Waals surface area contributed by atoms with Crippen molar-refractivity contribution in [3.63, 3.8) is 0 Å². The number of tetrazole rings is 1. The Morgan fingerprint density at radius 3 is 2.76 bits per heavy atom. The molecule has 0 aliphatic carbocycles. The topological polar surface area (TPSA) is 110 Å². The number of imide groups is 1. The maximum Gasteiger partial charge on any atom is 0.325 e. The van der Waals surface area contributed by atoms with E-state index < -0.39 is 17.5 Å². The van der Waals surface area contributed by atoms with Crippen LogP contribution in [0, 0.1) is 0 Å². The second kappa shape index (κ2) is 7.21. The third-order valence-electron chi connectivity index (χ3n) is 4.90. The van der Waals surface area contributed by atoms with Crippen LogP contribution >= 0.6 is 11.3 Å². The molecule has 1 unspecified atom stereocenters. The van der Waals surface area contributed by atoms with Gasteiger partial charge in [0.25, 0.3) is 5.91 Å². The highest BCUT2D eigenvalue weighted by Gasteiger charge is 2.49. The molecule has 3 heterocycles. The number of nitrogens with one attached hydrogen (secondary N) is 1. The molecule has 0 saturated carbocycles. The van der Waals surface area contributed by atoms with Gasteiger partial charge in [-0.1, -0.05) is 19.1 Å². The van der Waals surface area contributed by atoms with Crippen molar-refractivity contribution in [3.05, 3.63) is 58.0 Å². The first-order valence-electron chi connectivity index (χ1n) is 9.02. The Kier molecular flexibility index (Phi) is 4.71. The molecule has 1 fully saturated rings. The van der Waals surface area contributed by atoms with Gasteiger partial charge in [0.2, 0.25) is 0 Å². The van der Waals surface area contributed by atoms with Gasteiger partial charge in [0, 0.05) is 4.88 Å². The predicted octanol–water partition coefficient (Wildman–Crippen LogP) is 1.94. The standard InChI is InChI=1S/C19H18N6O3S/c1-3-14-7-8-16(29-14)15(26)10-24-17(27)19(2,21-18(24)28)12-5-4-6-13(9-12)25-11-20-22-23-25/h4-9,11H,3,10H2,1-2H3,(H,21,28). The molecular formula is C19H18N6O3S. The number of urea groups is 1. The molecule has 1 aliphatic rings. The van der Waals surface area contributed by atoms with E-state index in [9.17, 15) is 14.4 Å². The lowest BCUT2D eigenvalue weighted by Gasteiger charge is -2.22. The molecule has 4 rings (SSSR count). The Bertz CT molecular complexity index is 1090. The Balaban J connectivity index is 1.58. The molecule has 10 heteroatoms. The normalized spacial score (nSPS) is 18.9. The number of carbonyl (C=O) groups is 3. The van der Waals surface area contributed by atoms with Crippen molar-refractivity contribution in [2.75, 3.05) is 6.54 Å². The van der Waals surface area contributed by atoms with Crippen molar-refractivity contribution in [2.24, 2.45) is 0 Å². The van der Waals surface area contributed by atoms with Crippen LogP contribution in [0.3, 0.4) is 0 Å². The summed E-state index contributed by atoms with van der Waals surface area (Å²) in [7, 11) is 0. The van der Waals surface area contributed by atoms with Crippen LogP contribution in [0.15, 0.2) is 42.7 Å². The number of carbonyl (C=O) groups excluding carboxylic acids is 3. The van der Waals surface area contributed by atoms with Crippen molar-refractivity contribution in [2.45, 2.75) is 25.8 Å². The molecular weight excluding hydrogens is 392 g/mol. The second-order valence-corrected chi connectivity index (χ2v) is 7.96. The third kappa shape index (κ3) is 3.31. The van der Waals surface area contributed by atoms with E-state index in [0.29, 0.717) is 16.1 Å². The molecule has 2 aromatic heterocycles. The van der Waals surface area contributed by atoms with E-state index in [-0.39, 0.29) is 12.3 Å². The molecule has 3 amide bonds. The third-order valence-corrected chi connectivity index (χ3v) is 6.17. The van der Waals surface area contributed by atoms with E-state index >= 15 is 0 Å². The zero-order chi connectivity index (χ0) is 20.6. The Hall–Kier alpha value is -3.40. The van der Waals surface area contributed by atoms with Gasteiger partial charge >= 0.3 is 6.03 Å². The lowest BCUT2D eigenvalue weighted by molar-refractivity contribution is -0.130. The summed E-state index contributed by atoms with van der Waals surface area (Å²) in [6.45, 7) is 3.33. The fraction of sp³-hybridized carbons (Fsp3) is 0.263. The summed E-state index contributed by atoms with van der Waals surface area (Å²) in [6, 6.07) is 10.0. The van der Waals surface area contributed by atoms with Gasteiger partial charge < -0.3 is 5.32 Å². The minimum atomic E-state index is -1.29. The number of benzene rings is 1. The number of hydrogen-bond acceptors (Lipinski definition) is 7. The van der Waals surface area contributed by atoms with Gasteiger partial charge in [0.15, 0.2) is 5.78 Å². The minimum Gasteiger partial charge on any atom is -0.319 e. The SMILES string of the molecule is CCc1ccc(C(=O)CN2C(=O)NC(C)(c3cccc(-n4cnnn4)c3)C2=O)s1.